The molecule has 1 nitrogen and oxygen atoms in total. The predicted molar refractivity (Wildman–Crippen MR) is 65.2 cm³/mol. The van der Waals surface area contributed by atoms with Crippen LogP contribution < -0.4 is 0 Å². The van der Waals surface area contributed by atoms with E-state index in [0.717, 1.165) is 19.3 Å². The quantitative estimate of drug-likeness (QED) is 0.688. The second-order valence-electron chi connectivity index (χ2n) is 4.21. The van der Waals surface area contributed by atoms with E-state index in [1.807, 2.05) is 6.07 Å². The molecular formula is C15H16O. The fraction of sp³-hybridized carbons (Fsp3) is 0.400. The van der Waals surface area contributed by atoms with Crippen LogP contribution in [0, 0.1) is 11.8 Å². The van der Waals surface area contributed by atoms with Gasteiger partial charge in [0.05, 0.1) is 6.42 Å². The number of rotatable bonds is 2. The van der Waals surface area contributed by atoms with Crippen LogP contribution in [0.5, 0.6) is 0 Å². The third-order valence-corrected chi connectivity index (χ3v) is 3.20. The van der Waals surface area contributed by atoms with Gasteiger partial charge in [-0.2, -0.15) is 0 Å². The Hall–Kier alpha value is -1.55. The monoisotopic (exact) mass is 212 g/mol. The number of benzene rings is 1. The lowest BCUT2D eigenvalue weighted by molar-refractivity contribution is -0.119. The van der Waals surface area contributed by atoms with Crippen molar-refractivity contribution in [2.75, 3.05) is 0 Å². The number of Topliss-reactive ketones (excluding diaryl/α,β-unsaturated/α-hetero) is 1. The summed E-state index contributed by atoms with van der Waals surface area (Å²) in [6.07, 6.45) is 3.61. The number of hydrogen-bond donors (Lipinski definition) is 0. The minimum absolute atomic E-state index is 0.0887. The third kappa shape index (κ3) is 2.17. The van der Waals surface area contributed by atoms with Crippen molar-refractivity contribution in [3.8, 4) is 11.8 Å². The molecule has 1 aromatic carbocycles. The molecule has 1 aliphatic rings. The van der Waals surface area contributed by atoms with Gasteiger partial charge in [-0.05, 0) is 37.3 Å². The Morgan fingerprint density at radius 1 is 1.44 bits per heavy atom. The topological polar surface area (TPSA) is 17.1 Å². The SMILES string of the molecule is CC#CCC(=O)C1CCCc2ccccc21. The zero-order chi connectivity index (χ0) is 11.4. The minimum Gasteiger partial charge on any atom is -0.298 e. The normalized spacial score (nSPS) is 18.2. The van der Waals surface area contributed by atoms with Crippen molar-refractivity contribution < 1.29 is 4.79 Å². The summed E-state index contributed by atoms with van der Waals surface area (Å²) in [7, 11) is 0. The van der Waals surface area contributed by atoms with Crippen LogP contribution in [0.1, 0.15) is 43.2 Å². The summed E-state index contributed by atoms with van der Waals surface area (Å²) in [6.45, 7) is 1.78. The highest BCUT2D eigenvalue weighted by Crippen LogP contribution is 2.32. The molecule has 0 radical (unpaired) electrons. The molecule has 2 rings (SSSR count). The maximum Gasteiger partial charge on any atom is 0.152 e. The van der Waals surface area contributed by atoms with Crippen molar-refractivity contribution in [3.05, 3.63) is 35.4 Å². The Morgan fingerprint density at radius 2 is 2.25 bits per heavy atom. The van der Waals surface area contributed by atoms with Crippen molar-refractivity contribution in [3.63, 3.8) is 0 Å². The zero-order valence-corrected chi connectivity index (χ0v) is 9.62. The van der Waals surface area contributed by atoms with Gasteiger partial charge in [0.2, 0.25) is 0 Å². The first kappa shape index (κ1) is 11.0. The number of aryl methyl sites for hydroxylation is 1. The van der Waals surface area contributed by atoms with Crippen LogP contribution >= 0.6 is 0 Å². The molecule has 0 saturated heterocycles. The lowest BCUT2D eigenvalue weighted by atomic mass is 9.80. The van der Waals surface area contributed by atoms with Gasteiger partial charge in [-0.25, -0.2) is 0 Å². The molecule has 82 valence electrons. The van der Waals surface area contributed by atoms with Crippen LogP contribution in [0.15, 0.2) is 24.3 Å². The first-order valence-electron chi connectivity index (χ1n) is 5.83. The van der Waals surface area contributed by atoms with E-state index in [1.165, 1.54) is 11.1 Å². The standard InChI is InChI=1S/C15H16O/c1-2-3-11-15(16)14-10-6-8-12-7-4-5-9-13(12)14/h4-5,7,9,14H,6,8,10-11H2,1H3. The van der Waals surface area contributed by atoms with Gasteiger partial charge in [0.1, 0.15) is 0 Å². The van der Waals surface area contributed by atoms with E-state index in [-0.39, 0.29) is 11.7 Å². The van der Waals surface area contributed by atoms with Gasteiger partial charge in [-0.15, -0.1) is 5.92 Å². The van der Waals surface area contributed by atoms with Gasteiger partial charge in [-0.1, -0.05) is 30.2 Å². The molecule has 0 spiro atoms. The van der Waals surface area contributed by atoms with Gasteiger partial charge in [0, 0.05) is 5.92 Å². The Morgan fingerprint density at radius 3 is 3.06 bits per heavy atom. The second-order valence-corrected chi connectivity index (χ2v) is 4.21. The van der Waals surface area contributed by atoms with E-state index >= 15 is 0 Å². The van der Waals surface area contributed by atoms with Gasteiger partial charge in [0.25, 0.3) is 0 Å². The fourth-order valence-corrected chi connectivity index (χ4v) is 2.39. The Balaban J connectivity index is 2.23. The van der Waals surface area contributed by atoms with Gasteiger partial charge >= 0.3 is 0 Å². The van der Waals surface area contributed by atoms with E-state index in [2.05, 4.69) is 30.0 Å². The molecule has 1 aliphatic carbocycles. The number of fused-ring (bicyclic) bond motifs is 1. The molecule has 1 atom stereocenters. The van der Waals surface area contributed by atoms with Crippen molar-refractivity contribution >= 4 is 5.78 Å². The molecule has 0 heterocycles. The molecule has 16 heavy (non-hydrogen) atoms. The summed E-state index contributed by atoms with van der Waals surface area (Å²) < 4.78 is 0. The molecule has 0 aliphatic heterocycles. The maximum absolute atomic E-state index is 12.0. The predicted octanol–water partition coefficient (Wildman–Crippen LogP) is 3.09. The number of hydrogen-bond acceptors (Lipinski definition) is 1. The Labute approximate surface area is 96.9 Å². The first-order chi connectivity index (χ1) is 7.83. The Kier molecular flexibility index (Phi) is 3.41. The third-order valence-electron chi connectivity index (χ3n) is 3.20. The average molecular weight is 212 g/mol. The smallest absolute Gasteiger partial charge is 0.152 e. The number of ketones is 1. The largest absolute Gasteiger partial charge is 0.298 e. The van der Waals surface area contributed by atoms with Gasteiger partial charge < -0.3 is 0 Å². The van der Waals surface area contributed by atoms with Crippen molar-refractivity contribution in [2.45, 2.75) is 38.5 Å². The van der Waals surface area contributed by atoms with Crippen molar-refractivity contribution in [2.24, 2.45) is 0 Å². The Bertz CT molecular complexity index is 448. The highest BCUT2D eigenvalue weighted by atomic mass is 16.1. The minimum atomic E-state index is 0.0887. The zero-order valence-electron chi connectivity index (χ0n) is 9.62. The molecule has 0 aromatic heterocycles. The van der Waals surface area contributed by atoms with E-state index < -0.39 is 0 Å². The van der Waals surface area contributed by atoms with Crippen molar-refractivity contribution in [1.82, 2.24) is 0 Å². The van der Waals surface area contributed by atoms with Crippen LogP contribution in [0.3, 0.4) is 0 Å². The van der Waals surface area contributed by atoms with Gasteiger partial charge in [0.15, 0.2) is 5.78 Å². The first-order valence-corrected chi connectivity index (χ1v) is 5.83. The number of carbonyl (C=O) groups is 1. The van der Waals surface area contributed by atoms with Gasteiger partial charge in [-0.3, -0.25) is 4.79 Å². The van der Waals surface area contributed by atoms with Crippen molar-refractivity contribution in [1.29, 1.82) is 0 Å². The molecule has 1 heteroatoms. The van der Waals surface area contributed by atoms with Crippen LogP contribution in [-0.4, -0.2) is 5.78 Å². The van der Waals surface area contributed by atoms with Crippen LogP contribution in [0.4, 0.5) is 0 Å². The molecule has 0 saturated carbocycles. The maximum atomic E-state index is 12.0. The molecule has 0 N–H and O–H groups in total. The van der Waals surface area contributed by atoms with Crippen LogP contribution in [0.25, 0.3) is 0 Å². The lowest BCUT2D eigenvalue weighted by Gasteiger charge is -2.23. The molecule has 0 amide bonds. The van der Waals surface area contributed by atoms with Crippen LogP contribution in [-0.2, 0) is 11.2 Å². The molecule has 0 bridgehead atoms. The molecular weight excluding hydrogens is 196 g/mol. The van der Waals surface area contributed by atoms with E-state index in [9.17, 15) is 4.79 Å². The highest BCUT2D eigenvalue weighted by Gasteiger charge is 2.24. The van der Waals surface area contributed by atoms with E-state index in [4.69, 9.17) is 0 Å². The molecule has 1 aromatic rings. The second kappa shape index (κ2) is 4.99. The summed E-state index contributed by atoms with van der Waals surface area (Å²) in [4.78, 5) is 12.0. The summed E-state index contributed by atoms with van der Waals surface area (Å²) in [6, 6.07) is 8.31. The van der Waals surface area contributed by atoms with E-state index in [0.29, 0.717) is 6.42 Å². The summed E-state index contributed by atoms with van der Waals surface area (Å²) >= 11 is 0. The highest BCUT2D eigenvalue weighted by molar-refractivity contribution is 5.88. The molecule has 0 fully saturated rings. The fourth-order valence-electron chi connectivity index (χ4n) is 2.39. The number of carbonyl (C=O) groups excluding carboxylic acids is 1. The van der Waals surface area contributed by atoms with Crippen LogP contribution in [0.2, 0.25) is 0 Å². The lowest BCUT2D eigenvalue weighted by Crippen LogP contribution is -2.17. The summed E-state index contributed by atoms with van der Waals surface area (Å²) in [5.41, 5.74) is 2.58. The average Bonchev–Trinajstić information content (AvgIpc) is 2.35. The van der Waals surface area contributed by atoms with E-state index in [1.54, 1.807) is 6.92 Å². The summed E-state index contributed by atoms with van der Waals surface area (Å²) in [5, 5.41) is 0. The summed E-state index contributed by atoms with van der Waals surface area (Å²) in [5.74, 6) is 6.04. The molecule has 1 unspecified atom stereocenters.